The first-order valence-electron chi connectivity index (χ1n) is 9.76. The molecule has 1 fully saturated rings. The Hall–Kier alpha value is -0.733. The van der Waals surface area contributed by atoms with Crippen LogP contribution in [0.4, 0.5) is 0 Å². The van der Waals surface area contributed by atoms with E-state index in [-0.39, 0.29) is 29.5 Å². The highest BCUT2D eigenvalue weighted by atomic mass is 32.2. The van der Waals surface area contributed by atoms with Gasteiger partial charge in [0.1, 0.15) is 0 Å². The van der Waals surface area contributed by atoms with Crippen LogP contribution in [0.2, 0.25) is 18.1 Å². The van der Waals surface area contributed by atoms with Gasteiger partial charge in [0.15, 0.2) is 8.32 Å². The van der Waals surface area contributed by atoms with Crippen LogP contribution in [0.25, 0.3) is 0 Å². The van der Waals surface area contributed by atoms with Crippen LogP contribution in [0.15, 0.2) is 30.3 Å². The van der Waals surface area contributed by atoms with Gasteiger partial charge in [-0.25, -0.2) is 0 Å². The fourth-order valence-electron chi connectivity index (χ4n) is 3.07. The van der Waals surface area contributed by atoms with Crippen molar-refractivity contribution in [1.82, 2.24) is 4.90 Å². The Morgan fingerprint density at radius 3 is 2.37 bits per heavy atom. The minimum atomic E-state index is -3.44. The molecule has 1 heterocycles. The van der Waals surface area contributed by atoms with Crippen molar-refractivity contribution in [1.29, 1.82) is 0 Å². The van der Waals surface area contributed by atoms with Crippen LogP contribution >= 0.6 is 0 Å². The lowest BCUT2D eigenvalue weighted by atomic mass is 10.2. The maximum absolute atomic E-state index is 11.8. The van der Waals surface area contributed by atoms with Gasteiger partial charge in [0.05, 0.1) is 18.5 Å². The molecule has 1 aliphatic heterocycles. The Balaban J connectivity index is 2.10. The van der Waals surface area contributed by atoms with E-state index in [1.54, 1.807) is 6.92 Å². The molecule has 2 rings (SSSR count). The predicted octanol–water partition coefficient (Wildman–Crippen LogP) is 4.02. The zero-order chi connectivity index (χ0) is 20.3. The number of hydrogen-bond donors (Lipinski definition) is 0. The summed E-state index contributed by atoms with van der Waals surface area (Å²) in [6.45, 7) is 14.6. The minimum Gasteiger partial charge on any atom is -0.413 e. The summed E-state index contributed by atoms with van der Waals surface area (Å²) in [6.07, 6.45) is 0.922. The van der Waals surface area contributed by atoms with Gasteiger partial charge in [-0.1, -0.05) is 51.1 Å². The SMILES string of the molecule is CCS(=O)(=O)OC[C@@H]1C[C@@H](O[Si](C)(C)C(C)(C)C)CN1Cc1ccccc1. The molecular formula is C20H35NO4SSi. The number of benzene rings is 1. The number of rotatable bonds is 8. The molecule has 154 valence electrons. The second-order valence-electron chi connectivity index (χ2n) is 8.94. The van der Waals surface area contributed by atoms with E-state index in [1.165, 1.54) is 5.56 Å². The van der Waals surface area contributed by atoms with E-state index in [0.717, 1.165) is 19.5 Å². The molecular weight excluding hydrogens is 378 g/mol. The molecule has 7 heteroatoms. The summed E-state index contributed by atoms with van der Waals surface area (Å²) in [6, 6.07) is 10.3. The largest absolute Gasteiger partial charge is 0.413 e. The van der Waals surface area contributed by atoms with Crippen LogP contribution in [-0.4, -0.2) is 52.7 Å². The quantitative estimate of drug-likeness (QED) is 0.476. The van der Waals surface area contributed by atoms with E-state index in [1.807, 2.05) is 18.2 Å². The first-order chi connectivity index (χ1) is 12.4. The smallest absolute Gasteiger partial charge is 0.267 e. The number of hydrogen-bond acceptors (Lipinski definition) is 5. The average Bonchev–Trinajstić information content (AvgIpc) is 2.93. The maximum Gasteiger partial charge on any atom is 0.267 e. The molecule has 1 aromatic carbocycles. The Labute approximate surface area is 166 Å². The van der Waals surface area contributed by atoms with E-state index >= 15 is 0 Å². The van der Waals surface area contributed by atoms with Gasteiger partial charge in [-0.05, 0) is 37.0 Å². The Morgan fingerprint density at radius 1 is 1.19 bits per heavy atom. The molecule has 0 radical (unpaired) electrons. The molecule has 0 aromatic heterocycles. The normalized spacial score (nSPS) is 22.3. The van der Waals surface area contributed by atoms with E-state index < -0.39 is 18.4 Å². The van der Waals surface area contributed by atoms with Crippen LogP contribution in [-0.2, 0) is 25.3 Å². The lowest BCUT2D eigenvalue weighted by molar-refractivity contribution is 0.163. The highest BCUT2D eigenvalue weighted by Gasteiger charge is 2.42. The molecule has 0 N–H and O–H groups in total. The topological polar surface area (TPSA) is 55.8 Å². The summed E-state index contributed by atoms with van der Waals surface area (Å²) in [4.78, 5) is 2.30. The standard InChI is InChI=1S/C20H35NO4SSi/c1-7-26(22,23)24-16-18-13-19(25-27(5,6)20(2,3)4)15-21(18)14-17-11-9-8-10-12-17/h8-12,18-19H,7,13-16H2,1-6H3/t18-,19+/m0/s1. The van der Waals surface area contributed by atoms with Gasteiger partial charge >= 0.3 is 0 Å². The molecule has 0 saturated carbocycles. The Morgan fingerprint density at radius 2 is 1.81 bits per heavy atom. The third-order valence-electron chi connectivity index (χ3n) is 5.78. The molecule has 27 heavy (non-hydrogen) atoms. The summed E-state index contributed by atoms with van der Waals surface area (Å²) >= 11 is 0. The summed E-state index contributed by atoms with van der Waals surface area (Å²) in [5.74, 6) is 0.00228. The van der Waals surface area contributed by atoms with Crippen LogP contribution in [0, 0.1) is 0 Å². The van der Waals surface area contributed by atoms with E-state index in [9.17, 15) is 8.42 Å². The Kier molecular flexibility index (Phi) is 7.30. The van der Waals surface area contributed by atoms with Crippen molar-refractivity contribution in [3.63, 3.8) is 0 Å². The summed E-state index contributed by atoms with van der Waals surface area (Å²) in [7, 11) is -5.31. The van der Waals surface area contributed by atoms with Crippen molar-refractivity contribution < 1.29 is 17.0 Å². The van der Waals surface area contributed by atoms with Gasteiger partial charge in [0, 0.05) is 19.1 Å². The number of nitrogens with zero attached hydrogens (tertiary/aromatic N) is 1. The molecule has 0 unspecified atom stereocenters. The van der Waals surface area contributed by atoms with Crippen LogP contribution < -0.4 is 0 Å². The zero-order valence-electron chi connectivity index (χ0n) is 17.6. The maximum atomic E-state index is 11.8. The summed E-state index contributed by atoms with van der Waals surface area (Å²) in [5, 5.41) is 0.150. The highest BCUT2D eigenvalue weighted by Crippen LogP contribution is 2.39. The second kappa shape index (κ2) is 8.74. The van der Waals surface area contributed by atoms with Gasteiger partial charge < -0.3 is 4.43 Å². The van der Waals surface area contributed by atoms with Crippen molar-refractivity contribution in [3.8, 4) is 0 Å². The molecule has 1 aromatic rings. The first-order valence-corrected chi connectivity index (χ1v) is 14.2. The van der Waals surface area contributed by atoms with Gasteiger partial charge in [0.2, 0.25) is 0 Å². The van der Waals surface area contributed by atoms with Gasteiger partial charge in [-0.3, -0.25) is 9.08 Å². The van der Waals surface area contributed by atoms with E-state index in [4.69, 9.17) is 8.61 Å². The van der Waals surface area contributed by atoms with Crippen molar-refractivity contribution in [2.45, 2.75) is 70.9 Å². The average molecular weight is 414 g/mol. The lowest BCUT2D eigenvalue weighted by Crippen LogP contribution is -2.44. The Bertz CT molecular complexity index is 700. The fourth-order valence-corrected chi connectivity index (χ4v) is 4.96. The van der Waals surface area contributed by atoms with E-state index in [0.29, 0.717) is 0 Å². The zero-order valence-corrected chi connectivity index (χ0v) is 19.4. The molecule has 0 amide bonds. The third kappa shape index (κ3) is 6.39. The lowest BCUT2D eigenvalue weighted by Gasteiger charge is -2.38. The molecule has 0 aliphatic carbocycles. The fraction of sp³-hybridized carbons (Fsp3) is 0.700. The molecule has 1 aliphatic rings. The highest BCUT2D eigenvalue weighted by molar-refractivity contribution is 7.86. The third-order valence-corrected chi connectivity index (χ3v) is 11.5. The molecule has 2 atom stereocenters. The van der Waals surface area contributed by atoms with Crippen molar-refractivity contribution in [3.05, 3.63) is 35.9 Å². The van der Waals surface area contributed by atoms with Crippen molar-refractivity contribution in [2.75, 3.05) is 18.9 Å². The van der Waals surface area contributed by atoms with Crippen molar-refractivity contribution >= 4 is 18.4 Å². The van der Waals surface area contributed by atoms with Crippen molar-refractivity contribution in [2.24, 2.45) is 0 Å². The second-order valence-corrected chi connectivity index (χ2v) is 15.6. The van der Waals surface area contributed by atoms with Gasteiger partial charge in [-0.2, -0.15) is 8.42 Å². The summed E-state index contributed by atoms with van der Waals surface area (Å²) < 4.78 is 35.5. The molecule has 0 bridgehead atoms. The molecule has 5 nitrogen and oxygen atoms in total. The molecule has 1 saturated heterocycles. The van der Waals surface area contributed by atoms with Gasteiger partial charge in [-0.15, -0.1) is 0 Å². The van der Waals surface area contributed by atoms with Gasteiger partial charge in [0.25, 0.3) is 10.1 Å². The first kappa shape index (κ1) is 22.6. The van der Waals surface area contributed by atoms with E-state index in [2.05, 4.69) is 50.9 Å². The predicted molar refractivity (Wildman–Crippen MR) is 113 cm³/mol. The summed E-state index contributed by atoms with van der Waals surface area (Å²) in [5.41, 5.74) is 1.22. The van der Waals surface area contributed by atoms with Crippen LogP contribution in [0.5, 0.6) is 0 Å². The van der Waals surface area contributed by atoms with Crippen LogP contribution in [0.3, 0.4) is 0 Å². The number of likely N-dealkylation sites (tertiary alicyclic amines) is 1. The monoisotopic (exact) mass is 413 g/mol. The minimum absolute atomic E-state index is 0.00228. The van der Waals surface area contributed by atoms with Crippen LogP contribution in [0.1, 0.15) is 39.7 Å². The molecule has 0 spiro atoms.